The Balaban J connectivity index is 1.37. The van der Waals surface area contributed by atoms with E-state index in [1.54, 1.807) is 0 Å². The smallest absolute Gasteiger partial charge is 0.235 e. The van der Waals surface area contributed by atoms with E-state index in [1.165, 1.54) is 27.8 Å². The number of para-hydroxylation sites is 1. The molecule has 0 bridgehead atoms. The Labute approximate surface area is 300 Å². The standard InChI is InChI=1S/C48H30N4/c1-4-17-32(18-5-1)43-38-29-28-31-16-10-11-23-35(31)44(38)51-47(50-43)52-41-27-15-13-25-37(41)45-46(52)42-39(30-49-45)36-24-12-14-26-40(36)48(42,33-19-6-2-7-20-33)34-21-8-3-9-22-34/h1-30H. The van der Waals surface area contributed by atoms with E-state index in [4.69, 9.17) is 15.0 Å². The number of pyridine rings is 1. The predicted octanol–water partition coefficient (Wildman–Crippen LogP) is 11.3. The van der Waals surface area contributed by atoms with Crippen molar-refractivity contribution in [1.29, 1.82) is 0 Å². The molecular weight excluding hydrogens is 633 g/mol. The lowest BCUT2D eigenvalue weighted by atomic mass is 9.67. The molecule has 0 fully saturated rings. The summed E-state index contributed by atoms with van der Waals surface area (Å²) in [5, 5.41) is 4.33. The molecule has 3 heterocycles. The van der Waals surface area contributed by atoms with Crippen LogP contribution in [-0.2, 0) is 5.41 Å². The summed E-state index contributed by atoms with van der Waals surface area (Å²) in [5.41, 5.74) is 12.3. The molecule has 0 saturated carbocycles. The van der Waals surface area contributed by atoms with Crippen LogP contribution in [0.1, 0.15) is 22.3 Å². The minimum Gasteiger partial charge on any atom is -0.276 e. The van der Waals surface area contributed by atoms with Crippen LogP contribution in [0.3, 0.4) is 0 Å². The third-order valence-corrected chi connectivity index (χ3v) is 10.9. The number of fused-ring (bicyclic) bond motifs is 10. The van der Waals surface area contributed by atoms with Crippen molar-refractivity contribution in [2.45, 2.75) is 5.41 Å². The third kappa shape index (κ3) is 3.89. The fourth-order valence-electron chi connectivity index (χ4n) is 8.79. The quantitative estimate of drug-likeness (QED) is 0.176. The molecule has 7 aromatic carbocycles. The van der Waals surface area contributed by atoms with Gasteiger partial charge < -0.3 is 0 Å². The van der Waals surface area contributed by atoms with Crippen molar-refractivity contribution < 1.29 is 0 Å². The number of hydrogen-bond donors (Lipinski definition) is 0. The highest BCUT2D eigenvalue weighted by Crippen LogP contribution is 2.58. The third-order valence-electron chi connectivity index (χ3n) is 10.9. The van der Waals surface area contributed by atoms with E-state index in [-0.39, 0.29) is 0 Å². The average molecular weight is 663 g/mol. The Hall–Kier alpha value is -6.91. The molecule has 52 heavy (non-hydrogen) atoms. The van der Waals surface area contributed by atoms with Crippen LogP contribution in [0, 0.1) is 0 Å². The molecule has 11 rings (SSSR count). The molecule has 1 aliphatic rings. The Bertz CT molecular complexity index is 2960. The lowest BCUT2D eigenvalue weighted by molar-refractivity contribution is 0.770. The van der Waals surface area contributed by atoms with E-state index in [1.807, 2.05) is 0 Å². The topological polar surface area (TPSA) is 43.6 Å². The van der Waals surface area contributed by atoms with Gasteiger partial charge in [-0.1, -0.05) is 164 Å². The van der Waals surface area contributed by atoms with Crippen LogP contribution in [-0.4, -0.2) is 19.5 Å². The molecule has 0 saturated heterocycles. The second-order valence-electron chi connectivity index (χ2n) is 13.5. The maximum atomic E-state index is 5.52. The summed E-state index contributed by atoms with van der Waals surface area (Å²) in [6.07, 6.45) is 2.09. The summed E-state index contributed by atoms with van der Waals surface area (Å²) in [6, 6.07) is 62.6. The van der Waals surface area contributed by atoms with Crippen molar-refractivity contribution in [3.63, 3.8) is 0 Å². The van der Waals surface area contributed by atoms with Gasteiger partial charge in [-0.15, -0.1) is 0 Å². The Kier molecular flexibility index (Phi) is 6.13. The Morgan fingerprint density at radius 1 is 0.462 bits per heavy atom. The van der Waals surface area contributed by atoms with Crippen molar-refractivity contribution in [3.8, 4) is 28.3 Å². The van der Waals surface area contributed by atoms with E-state index >= 15 is 0 Å². The molecular formula is C48H30N4. The van der Waals surface area contributed by atoms with Gasteiger partial charge in [-0.05, 0) is 39.8 Å². The van der Waals surface area contributed by atoms with Crippen LogP contribution >= 0.6 is 0 Å². The van der Waals surface area contributed by atoms with Gasteiger partial charge in [0.25, 0.3) is 0 Å². The van der Waals surface area contributed by atoms with Gasteiger partial charge in [-0.2, -0.15) is 0 Å². The molecule has 0 N–H and O–H groups in total. The van der Waals surface area contributed by atoms with Crippen molar-refractivity contribution in [2.24, 2.45) is 0 Å². The van der Waals surface area contributed by atoms with Crippen molar-refractivity contribution in [2.75, 3.05) is 0 Å². The van der Waals surface area contributed by atoms with Crippen LogP contribution < -0.4 is 0 Å². The molecule has 242 valence electrons. The first-order valence-electron chi connectivity index (χ1n) is 17.7. The zero-order chi connectivity index (χ0) is 34.2. The minimum atomic E-state index is -0.631. The molecule has 0 spiro atoms. The second-order valence-corrected chi connectivity index (χ2v) is 13.5. The van der Waals surface area contributed by atoms with E-state index in [0.717, 1.165) is 60.4 Å². The molecule has 0 aliphatic heterocycles. The molecule has 4 heteroatoms. The summed E-state index contributed by atoms with van der Waals surface area (Å²) in [6.45, 7) is 0. The SMILES string of the molecule is c1ccc(-c2nc(-n3c4ccccc4c4ncc5c(c43)C(c3ccccc3)(c3ccccc3)c3ccccc3-5)nc3c2ccc2ccccc23)cc1. The second kappa shape index (κ2) is 11.0. The van der Waals surface area contributed by atoms with E-state index < -0.39 is 5.41 Å². The molecule has 4 nitrogen and oxygen atoms in total. The van der Waals surface area contributed by atoms with Gasteiger partial charge in [0.1, 0.15) is 0 Å². The lowest BCUT2D eigenvalue weighted by Gasteiger charge is -2.34. The zero-order valence-electron chi connectivity index (χ0n) is 28.1. The molecule has 0 radical (unpaired) electrons. The van der Waals surface area contributed by atoms with Gasteiger partial charge >= 0.3 is 0 Å². The minimum absolute atomic E-state index is 0.620. The number of hydrogen-bond acceptors (Lipinski definition) is 3. The first kappa shape index (κ1) is 28.9. The van der Waals surface area contributed by atoms with Gasteiger partial charge in [0.15, 0.2) is 0 Å². The van der Waals surface area contributed by atoms with Crippen LogP contribution in [0.15, 0.2) is 182 Å². The fraction of sp³-hybridized carbons (Fsp3) is 0.0208. The highest BCUT2D eigenvalue weighted by atomic mass is 15.2. The summed E-state index contributed by atoms with van der Waals surface area (Å²) < 4.78 is 2.29. The van der Waals surface area contributed by atoms with Gasteiger partial charge in [0, 0.05) is 39.0 Å². The fourth-order valence-corrected chi connectivity index (χ4v) is 8.79. The van der Waals surface area contributed by atoms with Gasteiger partial charge in [0.05, 0.1) is 33.2 Å². The lowest BCUT2D eigenvalue weighted by Crippen LogP contribution is -2.29. The molecule has 0 unspecified atom stereocenters. The summed E-state index contributed by atoms with van der Waals surface area (Å²) in [5.74, 6) is 0.620. The van der Waals surface area contributed by atoms with E-state index in [9.17, 15) is 0 Å². The number of aromatic nitrogens is 4. The molecule has 0 amide bonds. The highest BCUT2D eigenvalue weighted by molar-refractivity contribution is 6.13. The van der Waals surface area contributed by atoms with Gasteiger partial charge in [-0.25, -0.2) is 9.97 Å². The van der Waals surface area contributed by atoms with Gasteiger partial charge in [-0.3, -0.25) is 9.55 Å². The van der Waals surface area contributed by atoms with Crippen LogP contribution in [0.2, 0.25) is 0 Å². The maximum Gasteiger partial charge on any atom is 0.235 e. The summed E-state index contributed by atoms with van der Waals surface area (Å²) in [4.78, 5) is 16.3. The highest BCUT2D eigenvalue weighted by Gasteiger charge is 2.48. The number of rotatable bonds is 4. The first-order valence-corrected chi connectivity index (χ1v) is 17.7. The number of nitrogens with zero attached hydrogens (tertiary/aromatic N) is 4. The first-order chi connectivity index (χ1) is 25.8. The van der Waals surface area contributed by atoms with Crippen molar-refractivity contribution in [3.05, 3.63) is 204 Å². The summed E-state index contributed by atoms with van der Waals surface area (Å²) >= 11 is 0. The van der Waals surface area contributed by atoms with Crippen molar-refractivity contribution in [1.82, 2.24) is 19.5 Å². The maximum absolute atomic E-state index is 5.52. The largest absolute Gasteiger partial charge is 0.276 e. The predicted molar refractivity (Wildman–Crippen MR) is 212 cm³/mol. The normalized spacial score (nSPS) is 13.2. The Morgan fingerprint density at radius 3 is 1.87 bits per heavy atom. The Morgan fingerprint density at radius 2 is 1.10 bits per heavy atom. The summed E-state index contributed by atoms with van der Waals surface area (Å²) in [7, 11) is 0. The van der Waals surface area contributed by atoms with Crippen molar-refractivity contribution >= 4 is 43.6 Å². The van der Waals surface area contributed by atoms with E-state index in [0.29, 0.717) is 5.95 Å². The zero-order valence-corrected chi connectivity index (χ0v) is 28.1. The van der Waals surface area contributed by atoms with Crippen LogP contribution in [0.25, 0.3) is 71.9 Å². The van der Waals surface area contributed by atoms with Crippen LogP contribution in [0.4, 0.5) is 0 Å². The molecule has 10 aromatic rings. The molecule has 0 atom stereocenters. The average Bonchev–Trinajstić information content (AvgIpc) is 3.72. The molecule has 1 aliphatic carbocycles. The van der Waals surface area contributed by atoms with Gasteiger partial charge in [0.2, 0.25) is 5.95 Å². The molecule has 3 aromatic heterocycles. The number of benzene rings is 7. The van der Waals surface area contributed by atoms with Crippen LogP contribution in [0.5, 0.6) is 0 Å². The monoisotopic (exact) mass is 662 g/mol. The van der Waals surface area contributed by atoms with E-state index in [2.05, 4.69) is 187 Å².